The number of rotatable bonds is 7. The first-order valence-corrected chi connectivity index (χ1v) is 10.1. The van der Waals surface area contributed by atoms with Crippen LogP contribution in [0, 0.1) is 5.41 Å². The summed E-state index contributed by atoms with van der Waals surface area (Å²) in [6.07, 6.45) is 5.71. The molecule has 1 aliphatic carbocycles. The highest BCUT2D eigenvalue weighted by Crippen LogP contribution is 2.44. The molecule has 1 spiro atoms. The van der Waals surface area contributed by atoms with Gasteiger partial charge in [0.25, 0.3) is 11.8 Å². The summed E-state index contributed by atoms with van der Waals surface area (Å²) < 4.78 is 0. The number of amides is 2. The first-order chi connectivity index (χ1) is 13.4. The number of hydrogen-bond acceptors (Lipinski definition) is 4. The van der Waals surface area contributed by atoms with Gasteiger partial charge in [-0.05, 0) is 49.3 Å². The van der Waals surface area contributed by atoms with Gasteiger partial charge >= 0.3 is 5.97 Å². The predicted molar refractivity (Wildman–Crippen MR) is 105 cm³/mol. The molecule has 1 aromatic rings. The molecule has 152 valence electrons. The van der Waals surface area contributed by atoms with Gasteiger partial charge in [-0.15, -0.1) is 0 Å². The van der Waals surface area contributed by atoms with Crippen molar-refractivity contribution in [2.75, 3.05) is 13.1 Å². The number of nitrogens with one attached hydrogen (secondary N) is 2. The molecule has 3 rings (SSSR count). The Labute approximate surface area is 169 Å². The molecule has 0 radical (unpaired) electrons. The van der Waals surface area contributed by atoms with Gasteiger partial charge in [-0.3, -0.25) is 19.8 Å². The predicted octanol–water partition coefficient (Wildman–Crippen LogP) is 2.60. The lowest BCUT2D eigenvalue weighted by atomic mass is 9.86. The van der Waals surface area contributed by atoms with Crippen LogP contribution >= 0.6 is 11.6 Å². The quantitative estimate of drug-likeness (QED) is 0.645. The number of halogens is 1. The number of aliphatic carboxylic acids is 1. The number of benzene rings is 1. The third-order valence-corrected chi connectivity index (χ3v) is 5.96. The Balaban J connectivity index is 1.62. The first-order valence-electron chi connectivity index (χ1n) is 9.71. The monoisotopic (exact) mass is 407 g/mol. The fraction of sp³-hybridized carbons (Fsp3) is 0.550. The molecule has 1 heterocycles. The Hall–Kier alpha value is -2.12. The van der Waals surface area contributed by atoms with Crippen molar-refractivity contribution in [3.05, 3.63) is 34.9 Å². The van der Waals surface area contributed by atoms with Crippen LogP contribution in [0.1, 0.15) is 55.3 Å². The first kappa shape index (κ1) is 20.6. The van der Waals surface area contributed by atoms with Crippen LogP contribution in [0.2, 0.25) is 5.02 Å². The average molecular weight is 408 g/mol. The van der Waals surface area contributed by atoms with E-state index < -0.39 is 17.9 Å². The van der Waals surface area contributed by atoms with Crippen LogP contribution in [0.3, 0.4) is 0 Å². The maximum atomic E-state index is 12.8. The van der Waals surface area contributed by atoms with Crippen molar-refractivity contribution >= 4 is 29.4 Å². The molecule has 1 saturated heterocycles. The van der Waals surface area contributed by atoms with Crippen LogP contribution < -0.4 is 10.7 Å². The van der Waals surface area contributed by atoms with Crippen LogP contribution in [-0.4, -0.2) is 47.0 Å². The minimum atomic E-state index is -1.01. The van der Waals surface area contributed by atoms with Gasteiger partial charge < -0.3 is 10.4 Å². The molecule has 2 amide bonds. The summed E-state index contributed by atoms with van der Waals surface area (Å²) >= 11 is 5.92. The van der Waals surface area contributed by atoms with E-state index in [9.17, 15) is 14.4 Å². The third kappa shape index (κ3) is 5.23. The van der Waals surface area contributed by atoms with E-state index in [2.05, 4.69) is 10.7 Å². The highest BCUT2D eigenvalue weighted by molar-refractivity contribution is 6.31. The Bertz CT molecular complexity index is 749. The summed E-state index contributed by atoms with van der Waals surface area (Å²) in [4.78, 5) is 36.2. The van der Waals surface area contributed by atoms with Gasteiger partial charge in [0.2, 0.25) is 0 Å². The van der Waals surface area contributed by atoms with Crippen molar-refractivity contribution in [3.63, 3.8) is 0 Å². The zero-order valence-corrected chi connectivity index (χ0v) is 16.5. The van der Waals surface area contributed by atoms with Gasteiger partial charge in [0, 0.05) is 30.1 Å². The fourth-order valence-electron chi connectivity index (χ4n) is 4.21. The minimum Gasteiger partial charge on any atom is -0.481 e. The van der Waals surface area contributed by atoms with Crippen molar-refractivity contribution in [3.8, 4) is 0 Å². The SMILES string of the molecule is O=C(O)CCC(NC(=O)c1cccc(Cl)c1)C(=O)NN1CCC2(CCCC2)C1. The lowest BCUT2D eigenvalue weighted by Crippen LogP contribution is -2.52. The molecule has 1 atom stereocenters. The normalized spacial score (nSPS) is 19.5. The van der Waals surface area contributed by atoms with E-state index >= 15 is 0 Å². The summed E-state index contributed by atoms with van der Waals surface area (Å²) in [6.45, 7) is 1.59. The molecule has 8 heteroatoms. The zero-order valence-electron chi connectivity index (χ0n) is 15.7. The van der Waals surface area contributed by atoms with Crippen LogP contribution in [0.5, 0.6) is 0 Å². The van der Waals surface area contributed by atoms with Gasteiger partial charge in [0.05, 0.1) is 0 Å². The maximum Gasteiger partial charge on any atom is 0.303 e. The maximum absolute atomic E-state index is 12.8. The summed E-state index contributed by atoms with van der Waals surface area (Å²) in [7, 11) is 0. The molecule has 7 nitrogen and oxygen atoms in total. The van der Waals surface area contributed by atoms with Gasteiger partial charge in [0.1, 0.15) is 6.04 Å². The highest BCUT2D eigenvalue weighted by atomic mass is 35.5. The van der Waals surface area contributed by atoms with E-state index in [1.54, 1.807) is 18.2 Å². The van der Waals surface area contributed by atoms with Crippen molar-refractivity contribution < 1.29 is 19.5 Å². The lowest BCUT2D eigenvalue weighted by Gasteiger charge is -2.25. The molecule has 1 aromatic carbocycles. The van der Waals surface area contributed by atoms with Crippen molar-refractivity contribution in [1.29, 1.82) is 0 Å². The van der Waals surface area contributed by atoms with Gasteiger partial charge in [0.15, 0.2) is 0 Å². The number of carboxylic acids is 1. The van der Waals surface area contributed by atoms with Crippen molar-refractivity contribution in [2.24, 2.45) is 5.41 Å². The van der Waals surface area contributed by atoms with E-state index in [4.69, 9.17) is 16.7 Å². The number of carboxylic acid groups (broad SMARTS) is 1. The second kappa shape index (κ2) is 8.92. The smallest absolute Gasteiger partial charge is 0.303 e. The number of carbonyl (C=O) groups excluding carboxylic acids is 2. The molecule has 1 aliphatic heterocycles. The van der Waals surface area contributed by atoms with Gasteiger partial charge in [-0.2, -0.15) is 0 Å². The van der Waals surface area contributed by atoms with Crippen LogP contribution in [0.25, 0.3) is 0 Å². The highest BCUT2D eigenvalue weighted by Gasteiger charge is 2.41. The van der Waals surface area contributed by atoms with E-state index in [1.807, 2.05) is 5.01 Å². The molecule has 0 bridgehead atoms. The third-order valence-electron chi connectivity index (χ3n) is 5.73. The zero-order chi connectivity index (χ0) is 20.1. The summed E-state index contributed by atoms with van der Waals surface area (Å²) in [5, 5.41) is 14.0. The molecule has 3 N–H and O–H groups in total. The molecule has 1 unspecified atom stereocenters. The Morgan fingerprint density at radius 2 is 1.96 bits per heavy atom. The van der Waals surface area contributed by atoms with Gasteiger partial charge in [-0.25, -0.2) is 5.01 Å². The lowest BCUT2D eigenvalue weighted by molar-refractivity contribution is -0.137. The summed E-state index contributed by atoms with van der Waals surface area (Å²) in [5.74, 6) is -1.85. The molecular formula is C20H26ClN3O4. The largest absolute Gasteiger partial charge is 0.481 e. The second-order valence-electron chi connectivity index (χ2n) is 7.82. The minimum absolute atomic E-state index is 0.0203. The average Bonchev–Trinajstić information content (AvgIpc) is 3.27. The molecule has 2 aliphatic rings. The topological polar surface area (TPSA) is 98.7 Å². The van der Waals surface area contributed by atoms with E-state index in [1.165, 1.54) is 31.7 Å². The molecular weight excluding hydrogens is 382 g/mol. The Kier molecular flexibility index (Phi) is 6.57. The van der Waals surface area contributed by atoms with Gasteiger partial charge in [-0.1, -0.05) is 30.5 Å². The van der Waals surface area contributed by atoms with Crippen LogP contribution in [0.15, 0.2) is 24.3 Å². The second-order valence-corrected chi connectivity index (χ2v) is 8.26. The summed E-state index contributed by atoms with van der Waals surface area (Å²) in [5.41, 5.74) is 3.51. The van der Waals surface area contributed by atoms with Crippen molar-refractivity contribution in [2.45, 2.75) is 51.0 Å². The Morgan fingerprint density at radius 3 is 2.64 bits per heavy atom. The summed E-state index contributed by atoms with van der Waals surface area (Å²) in [6, 6.07) is 5.47. The van der Waals surface area contributed by atoms with E-state index in [0.29, 0.717) is 16.0 Å². The molecule has 1 saturated carbocycles. The van der Waals surface area contributed by atoms with E-state index in [0.717, 1.165) is 19.5 Å². The standard InChI is InChI=1S/C20H26ClN3O4/c21-15-5-3-4-14(12-15)18(27)22-16(6-7-17(25)26)19(28)23-24-11-10-20(13-24)8-1-2-9-20/h3-5,12,16H,1-2,6-11,13H2,(H,22,27)(H,23,28)(H,25,26). The van der Waals surface area contributed by atoms with Crippen molar-refractivity contribution in [1.82, 2.24) is 15.8 Å². The molecule has 28 heavy (non-hydrogen) atoms. The number of carbonyl (C=O) groups is 3. The Morgan fingerprint density at radius 1 is 1.21 bits per heavy atom. The van der Waals surface area contributed by atoms with Crippen LogP contribution in [-0.2, 0) is 9.59 Å². The number of nitrogens with zero attached hydrogens (tertiary/aromatic N) is 1. The molecule has 0 aromatic heterocycles. The number of hydrogen-bond donors (Lipinski definition) is 3. The molecule has 2 fully saturated rings. The number of hydrazine groups is 1. The fourth-order valence-corrected chi connectivity index (χ4v) is 4.40. The van der Waals surface area contributed by atoms with E-state index in [-0.39, 0.29) is 18.7 Å². The van der Waals surface area contributed by atoms with Crippen LogP contribution in [0.4, 0.5) is 0 Å².